The zero-order valence-electron chi connectivity index (χ0n) is 10.7. The number of nitrogens with two attached hydrogens (primary N) is 1. The number of nitrogens with zero attached hydrogens (tertiary/aromatic N) is 2. The number of hydrogen-bond donors (Lipinski definition) is 3. The van der Waals surface area contributed by atoms with Gasteiger partial charge in [-0.15, -0.1) is 0 Å². The van der Waals surface area contributed by atoms with Crippen LogP contribution in [0.1, 0.15) is 20.8 Å². The van der Waals surface area contributed by atoms with Crippen molar-refractivity contribution in [1.82, 2.24) is 9.55 Å². The molecular weight excluding hydrogens is 238 g/mol. The highest BCUT2D eigenvalue weighted by Gasteiger charge is 2.28. The van der Waals surface area contributed by atoms with Crippen LogP contribution in [0.3, 0.4) is 0 Å². The molecule has 0 unspecified atom stereocenters. The first-order valence-electron chi connectivity index (χ1n) is 5.60. The van der Waals surface area contributed by atoms with E-state index in [1.807, 2.05) is 0 Å². The van der Waals surface area contributed by atoms with Crippen LogP contribution in [0.25, 0.3) is 0 Å². The van der Waals surface area contributed by atoms with Crippen LogP contribution in [0.2, 0.25) is 0 Å². The van der Waals surface area contributed by atoms with Crippen molar-refractivity contribution >= 4 is 5.82 Å². The first-order valence-corrected chi connectivity index (χ1v) is 5.60. The Balaban J connectivity index is 3.02. The molecule has 0 radical (unpaired) electrons. The molecule has 0 saturated heterocycles. The average Bonchev–Trinajstić information content (AvgIpc) is 2.24. The number of anilines is 1. The summed E-state index contributed by atoms with van der Waals surface area (Å²) in [6, 6.07) is 1.48. The molecule has 7 heteroatoms. The molecule has 0 saturated carbocycles. The molecule has 0 aromatic carbocycles. The van der Waals surface area contributed by atoms with Crippen molar-refractivity contribution in [2.24, 2.45) is 0 Å². The molecule has 0 amide bonds. The van der Waals surface area contributed by atoms with Crippen LogP contribution >= 0.6 is 0 Å². The Kier molecular flexibility index (Phi) is 4.44. The maximum Gasteiger partial charge on any atom is 0.351 e. The summed E-state index contributed by atoms with van der Waals surface area (Å²) in [6.45, 7) is 4.42. The van der Waals surface area contributed by atoms with Gasteiger partial charge in [-0.3, -0.25) is 4.57 Å². The van der Waals surface area contributed by atoms with Crippen LogP contribution < -0.4 is 11.4 Å². The van der Waals surface area contributed by atoms with Gasteiger partial charge in [0.05, 0.1) is 12.7 Å². The van der Waals surface area contributed by atoms with Gasteiger partial charge in [-0.05, 0) is 26.8 Å². The van der Waals surface area contributed by atoms with E-state index < -0.39 is 23.6 Å². The average molecular weight is 257 g/mol. The van der Waals surface area contributed by atoms with Gasteiger partial charge in [0, 0.05) is 6.20 Å². The highest BCUT2D eigenvalue weighted by atomic mass is 16.5. The zero-order chi connectivity index (χ0) is 13.9. The van der Waals surface area contributed by atoms with Gasteiger partial charge in [0.15, 0.2) is 0 Å². The van der Waals surface area contributed by atoms with Crippen molar-refractivity contribution in [2.75, 3.05) is 12.3 Å². The Morgan fingerprint density at radius 3 is 2.67 bits per heavy atom. The SMILES string of the molecule is C[C@H](O)[C@@H](CO)OC(C)(C)n1ccc(N)nc1=O. The molecule has 7 nitrogen and oxygen atoms in total. The summed E-state index contributed by atoms with van der Waals surface area (Å²) in [5.41, 5.74) is 3.79. The van der Waals surface area contributed by atoms with Crippen LogP contribution in [0.15, 0.2) is 17.1 Å². The first-order chi connectivity index (χ1) is 8.27. The lowest BCUT2D eigenvalue weighted by molar-refractivity contribution is -0.169. The largest absolute Gasteiger partial charge is 0.394 e. The molecule has 102 valence electrons. The zero-order valence-corrected chi connectivity index (χ0v) is 10.7. The van der Waals surface area contributed by atoms with Crippen molar-refractivity contribution in [3.63, 3.8) is 0 Å². The van der Waals surface area contributed by atoms with Crippen LogP contribution in [0.4, 0.5) is 5.82 Å². The fraction of sp³-hybridized carbons (Fsp3) is 0.636. The molecule has 0 fully saturated rings. The third-order valence-corrected chi connectivity index (χ3v) is 2.56. The van der Waals surface area contributed by atoms with Gasteiger partial charge in [-0.25, -0.2) is 4.79 Å². The van der Waals surface area contributed by atoms with E-state index in [2.05, 4.69) is 4.98 Å². The molecule has 2 atom stereocenters. The molecule has 0 spiro atoms. The van der Waals surface area contributed by atoms with Crippen LogP contribution in [-0.2, 0) is 10.5 Å². The maximum absolute atomic E-state index is 11.7. The van der Waals surface area contributed by atoms with E-state index in [0.717, 1.165) is 0 Å². The predicted octanol–water partition coefficient (Wildman–Crippen LogP) is -0.724. The Hall–Kier alpha value is -1.44. The summed E-state index contributed by atoms with van der Waals surface area (Å²) in [4.78, 5) is 15.3. The van der Waals surface area contributed by atoms with Crippen LogP contribution in [-0.4, -0.2) is 38.6 Å². The smallest absolute Gasteiger partial charge is 0.351 e. The normalized spacial score (nSPS) is 15.4. The van der Waals surface area contributed by atoms with E-state index in [4.69, 9.17) is 15.6 Å². The molecule has 0 aliphatic rings. The summed E-state index contributed by atoms with van der Waals surface area (Å²) in [6.07, 6.45) is -0.183. The second kappa shape index (κ2) is 5.47. The molecule has 1 aromatic rings. The molecule has 18 heavy (non-hydrogen) atoms. The predicted molar refractivity (Wildman–Crippen MR) is 65.9 cm³/mol. The van der Waals surface area contributed by atoms with Gasteiger partial charge < -0.3 is 20.7 Å². The minimum Gasteiger partial charge on any atom is -0.394 e. The molecule has 0 aliphatic heterocycles. The number of aromatic nitrogens is 2. The van der Waals surface area contributed by atoms with E-state index in [0.29, 0.717) is 0 Å². The molecule has 1 heterocycles. The molecule has 0 aliphatic carbocycles. The second-order valence-corrected chi connectivity index (χ2v) is 4.53. The minimum absolute atomic E-state index is 0.126. The highest BCUT2D eigenvalue weighted by molar-refractivity contribution is 5.23. The lowest BCUT2D eigenvalue weighted by atomic mass is 10.2. The van der Waals surface area contributed by atoms with E-state index in [-0.39, 0.29) is 12.4 Å². The third kappa shape index (κ3) is 3.28. The van der Waals surface area contributed by atoms with E-state index in [1.54, 1.807) is 13.8 Å². The first kappa shape index (κ1) is 14.6. The number of nitrogen functional groups attached to an aromatic ring is 1. The van der Waals surface area contributed by atoms with Gasteiger partial charge in [0.2, 0.25) is 0 Å². The monoisotopic (exact) mass is 257 g/mol. The van der Waals surface area contributed by atoms with E-state index in [1.165, 1.54) is 23.8 Å². The van der Waals surface area contributed by atoms with E-state index in [9.17, 15) is 9.90 Å². The summed E-state index contributed by atoms with van der Waals surface area (Å²) in [7, 11) is 0. The fourth-order valence-corrected chi connectivity index (χ4v) is 1.54. The van der Waals surface area contributed by atoms with Crippen molar-refractivity contribution in [2.45, 2.75) is 38.7 Å². The molecule has 0 bridgehead atoms. The molecule has 4 N–H and O–H groups in total. The number of aliphatic hydroxyl groups excluding tert-OH is 2. The summed E-state index contributed by atoms with van der Waals surface area (Å²) in [5, 5.41) is 18.5. The Labute approximate surface area is 105 Å². The van der Waals surface area contributed by atoms with Crippen LogP contribution in [0, 0.1) is 0 Å². The number of hydrogen-bond acceptors (Lipinski definition) is 6. The topological polar surface area (TPSA) is 111 Å². The Bertz CT molecular complexity index is 456. The Morgan fingerprint density at radius 1 is 1.61 bits per heavy atom. The van der Waals surface area contributed by atoms with Crippen molar-refractivity contribution in [3.8, 4) is 0 Å². The standard InChI is InChI=1S/C11H19N3O4/c1-7(16)8(6-15)18-11(2,3)14-5-4-9(12)13-10(14)17/h4-5,7-8,15-16H,6H2,1-3H3,(H2,12,13,17)/t7-,8+/m0/s1. The van der Waals surface area contributed by atoms with Crippen molar-refractivity contribution in [3.05, 3.63) is 22.7 Å². The lowest BCUT2D eigenvalue weighted by Crippen LogP contribution is -2.45. The number of rotatable bonds is 5. The third-order valence-electron chi connectivity index (χ3n) is 2.56. The maximum atomic E-state index is 11.7. The summed E-state index contributed by atoms with van der Waals surface area (Å²) < 4.78 is 6.78. The summed E-state index contributed by atoms with van der Waals surface area (Å²) in [5.74, 6) is 0.126. The fourth-order valence-electron chi connectivity index (χ4n) is 1.54. The summed E-state index contributed by atoms with van der Waals surface area (Å²) >= 11 is 0. The van der Waals surface area contributed by atoms with Crippen molar-refractivity contribution < 1.29 is 14.9 Å². The second-order valence-electron chi connectivity index (χ2n) is 4.53. The highest BCUT2D eigenvalue weighted by Crippen LogP contribution is 2.18. The molecule has 1 rings (SSSR count). The lowest BCUT2D eigenvalue weighted by Gasteiger charge is -2.32. The van der Waals surface area contributed by atoms with Gasteiger partial charge >= 0.3 is 5.69 Å². The molecule has 1 aromatic heterocycles. The molecular formula is C11H19N3O4. The number of aliphatic hydroxyl groups is 2. The van der Waals surface area contributed by atoms with Crippen LogP contribution in [0.5, 0.6) is 0 Å². The van der Waals surface area contributed by atoms with Gasteiger partial charge in [-0.1, -0.05) is 0 Å². The minimum atomic E-state index is -1.05. The van der Waals surface area contributed by atoms with Gasteiger partial charge in [-0.2, -0.15) is 4.98 Å². The van der Waals surface area contributed by atoms with Gasteiger partial charge in [0.25, 0.3) is 0 Å². The Morgan fingerprint density at radius 2 is 2.22 bits per heavy atom. The van der Waals surface area contributed by atoms with Crippen molar-refractivity contribution in [1.29, 1.82) is 0 Å². The quantitative estimate of drug-likeness (QED) is 0.642. The van der Waals surface area contributed by atoms with E-state index >= 15 is 0 Å². The number of ether oxygens (including phenoxy) is 1. The van der Waals surface area contributed by atoms with Gasteiger partial charge in [0.1, 0.15) is 17.6 Å².